The van der Waals surface area contributed by atoms with Gasteiger partial charge in [0.1, 0.15) is 0 Å². The molecule has 0 radical (unpaired) electrons. The molecule has 1 aromatic heterocycles. The number of aliphatic hydroxyl groups excluding tert-OH is 1. The predicted octanol–water partition coefficient (Wildman–Crippen LogP) is 3.26. The molecule has 3 rings (SSSR count). The molecule has 0 spiro atoms. The molecule has 0 aliphatic carbocycles. The SMILES string of the molecule is Cc1cc(C)cc(C(O)Cn2nc(-c3ccccc3)ccc2=O)c1. The number of aromatic nitrogens is 2. The second-order valence-corrected chi connectivity index (χ2v) is 6.04. The molecule has 0 amide bonds. The Morgan fingerprint density at radius 2 is 1.67 bits per heavy atom. The summed E-state index contributed by atoms with van der Waals surface area (Å²) in [5.41, 5.74) is 4.39. The Morgan fingerprint density at radius 1 is 1.00 bits per heavy atom. The predicted molar refractivity (Wildman–Crippen MR) is 94.8 cm³/mol. The zero-order valence-electron chi connectivity index (χ0n) is 13.8. The monoisotopic (exact) mass is 320 g/mol. The molecule has 0 saturated carbocycles. The Balaban J connectivity index is 1.90. The minimum atomic E-state index is -0.778. The first-order valence-electron chi connectivity index (χ1n) is 7.93. The fourth-order valence-corrected chi connectivity index (χ4v) is 2.81. The van der Waals surface area contributed by atoms with E-state index in [9.17, 15) is 9.90 Å². The lowest BCUT2D eigenvalue weighted by Gasteiger charge is -2.14. The van der Waals surface area contributed by atoms with Gasteiger partial charge in [-0.3, -0.25) is 4.79 Å². The number of aryl methyl sites for hydroxylation is 2. The Bertz CT molecular complexity index is 881. The van der Waals surface area contributed by atoms with Crippen LogP contribution in [0.1, 0.15) is 22.8 Å². The van der Waals surface area contributed by atoms with Crippen LogP contribution in [0.4, 0.5) is 0 Å². The van der Waals surface area contributed by atoms with E-state index in [0.717, 1.165) is 22.3 Å². The van der Waals surface area contributed by atoms with Gasteiger partial charge < -0.3 is 5.11 Å². The third-order valence-corrected chi connectivity index (χ3v) is 3.91. The smallest absolute Gasteiger partial charge is 0.266 e. The summed E-state index contributed by atoms with van der Waals surface area (Å²) in [6.07, 6.45) is -0.778. The van der Waals surface area contributed by atoms with E-state index >= 15 is 0 Å². The molecule has 0 saturated heterocycles. The summed E-state index contributed by atoms with van der Waals surface area (Å²) in [6.45, 7) is 4.11. The molecule has 24 heavy (non-hydrogen) atoms. The van der Waals surface area contributed by atoms with Crippen LogP contribution in [0.15, 0.2) is 65.5 Å². The second-order valence-electron chi connectivity index (χ2n) is 6.04. The molecule has 0 bridgehead atoms. The van der Waals surface area contributed by atoms with Gasteiger partial charge in [0.05, 0.1) is 18.3 Å². The van der Waals surface area contributed by atoms with Crippen LogP contribution in [0, 0.1) is 13.8 Å². The fourth-order valence-electron chi connectivity index (χ4n) is 2.81. The number of aliphatic hydroxyl groups is 1. The normalized spacial score (nSPS) is 12.1. The van der Waals surface area contributed by atoms with Crippen molar-refractivity contribution in [3.05, 3.63) is 87.7 Å². The zero-order chi connectivity index (χ0) is 17.1. The fraction of sp³-hybridized carbons (Fsp3) is 0.200. The number of hydrogen-bond donors (Lipinski definition) is 1. The van der Waals surface area contributed by atoms with Gasteiger partial charge in [0.15, 0.2) is 0 Å². The molecule has 4 nitrogen and oxygen atoms in total. The van der Waals surface area contributed by atoms with Crippen molar-refractivity contribution in [3.63, 3.8) is 0 Å². The highest BCUT2D eigenvalue weighted by Gasteiger charge is 2.12. The van der Waals surface area contributed by atoms with E-state index in [4.69, 9.17) is 0 Å². The molecule has 0 fully saturated rings. The van der Waals surface area contributed by atoms with Crippen LogP contribution in [0.25, 0.3) is 11.3 Å². The van der Waals surface area contributed by atoms with Crippen molar-refractivity contribution >= 4 is 0 Å². The van der Waals surface area contributed by atoms with Crippen molar-refractivity contribution in [3.8, 4) is 11.3 Å². The molecule has 0 aliphatic rings. The molecule has 1 unspecified atom stereocenters. The molecule has 0 aliphatic heterocycles. The van der Waals surface area contributed by atoms with Crippen molar-refractivity contribution in [2.75, 3.05) is 0 Å². The summed E-state index contributed by atoms with van der Waals surface area (Å²) in [7, 11) is 0. The van der Waals surface area contributed by atoms with Crippen molar-refractivity contribution in [2.45, 2.75) is 26.5 Å². The number of rotatable bonds is 4. The summed E-state index contributed by atoms with van der Waals surface area (Å²) in [6, 6.07) is 18.8. The Labute approximate surface area is 141 Å². The summed E-state index contributed by atoms with van der Waals surface area (Å²) in [4.78, 5) is 12.1. The van der Waals surface area contributed by atoms with E-state index in [2.05, 4.69) is 11.2 Å². The molecular formula is C20H20N2O2. The van der Waals surface area contributed by atoms with Gasteiger partial charge in [-0.25, -0.2) is 4.68 Å². The van der Waals surface area contributed by atoms with Crippen molar-refractivity contribution < 1.29 is 5.11 Å². The number of benzene rings is 2. The summed E-state index contributed by atoms with van der Waals surface area (Å²) < 4.78 is 1.32. The summed E-state index contributed by atoms with van der Waals surface area (Å²) in [5.74, 6) is 0. The topological polar surface area (TPSA) is 55.1 Å². The minimum absolute atomic E-state index is 0.127. The third-order valence-electron chi connectivity index (χ3n) is 3.91. The van der Waals surface area contributed by atoms with Gasteiger partial charge in [-0.1, -0.05) is 59.7 Å². The van der Waals surface area contributed by atoms with Crippen LogP contribution in [-0.2, 0) is 6.54 Å². The van der Waals surface area contributed by atoms with Gasteiger partial charge >= 0.3 is 0 Å². The molecule has 4 heteroatoms. The van der Waals surface area contributed by atoms with Gasteiger partial charge in [0, 0.05) is 11.6 Å². The van der Waals surface area contributed by atoms with Gasteiger partial charge in [0.2, 0.25) is 0 Å². The maximum absolute atomic E-state index is 12.1. The van der Waals surface area contributed by atoms with Gasteiger partial charge in [-0.15, -0.1) is 0 Å². The highest BCUT2D eigenvalue weighted by atomic mass is 16.3. The first-order chi connectivity index (χ1) is 11.5. The minimum Gasteiger partial charge on any atom is -0.386 e. The van der Waals surface area contributed by atoms with E-state index in [1.807, 2.05) is 56.3 Å². The summed E-state index contributed by atoms with van der Waals surface area (Å²) >= 11 is 0. The van der Waals surface area contributed by atoms with Crippen LogP contribution in [-0.4, -0.2) is 14.9 Å². The molecule has 1 atom stereocenters. The lowest BCUT2D eigenvalue weighted by atomic mass is 10.0. The first-order valence-corrected chi connectivity index (χ1v) is 7.93. The maximum atomic E-state index is 12.1. The third kappa shape index (κ3) is 3.60. The number of nitrogens with zero attached hydrogens (tertiary/aromatic N) is 2. The molecular weight excluding hydrogens is 300 g/mol. The second kappa shape index (κ2) is 6.81. The Hall–Kier alpha value is -2.72. The van der Waals surface area contributed by atoms with Crippen molar-refractivity contribution in [2.24, 2.45) is 0 Å². The van der Waals surface area contributed by atoms with Crippen LogP contribution in [0.2, 0.25) is 0 Å². The van der Waals surface area contributed by atoms with Crippen molar-refractivity contribution in [1.82, 2.24) is 9.78 Å². The molecule has 2 aromatic carbocycles. The van der Waals surface area contributed by atoms with E-state index in [1.165, 1.54) is 10.7 Å². The lowest BCUT2D eigenvalue weighted by molar-refractivity contribution is 0.149. The maximum Gasteiger partial charge on any atom is 0.266 e. The average Bonchev–Trinajstić information content (AvgIpc) is 2.56. The number of hydrogen-bond acceptors (Lipinski definition) is 3. The van der Waals surface area contributed by atoms with Gasteiger partial charge in [-0.2, -0.15) is 5.10 Å². The van der Waals surface area contributed by atoms with Crippen LogP contribution in [0.3, 0.4) is 0 Å². The van der Waals surface area contributed by atoms with Gasteiger partial charge in [-0.05, 0) is 25.5 Å². The highest BCUT2D eigenvalue weighted by Crippen LogP contribution is 2.19. The van der Waals surface area contributed by atoms with E-state index in [1.54, 1.807) is 6.07 Å². The first kappa shape index (κ1) is 16.1. The molecule has 1 heterocycles. The highest BCUT2D eigenvalue weighted by molar-refractivity contribution is 5.57. The van der Waals surface area contributed by atoms with Gasteiger partial charge in [0.25, 0.3) is 5.56 Å². The average molecular weight is 320 g/mol. The molecule has 3 aromatic rings. The largest absolute Gasteiger partial charge is 0.386 e. The summed E-state index contributed by atoms with van der Waals surface area (Å²) in [5, 5.41) is 14.9. The molecule has 122 valence electrons. The van der Waals surface area contributed by atoms with E-state index in [0.29, 0.717) is 5.69 Å². The van der Waals surface area contributed by atoms with E-state index < -0.39 is 6.10 Å². The Morgan fingerprint density at radius 3 is 2.33 bits per heavy atom. The lowest BCUT2D eigenvalue weighted by Crippen LogP contribution is -2.25. The van der Waals surface area contributed by atoms with Crippen LogP contribution >= 0.6 is 0 Å². The van der Waals surface area contributed by atoms with Crippen LogP contribution < -0.4 is 5.56 Å². The van der Waals surface area contributed by atoms with E-state index in [-0.39, 0.29) is 12.1 Å². The molecule has 1 N–H and O–H groups in total. The zero-order valence-corrected chi connectivity index (χ0v) is 13.8. The quantitative estimate of drug-likeness (QED) is 0.803. The van der Waals surface area contributed by atoms with Crippen molar-refractivity contribution in [1.29, 1.82) is 0 Å². The van der Waals surface area contributed by atoms with Crippen LogP contribution in [0.5, 0.6) is 0 Å². The Kier molecular flexibility index (Phi) is 4.58. The standard InChI is InChI=1S/C20H20N2O2/c1-14-10-15(2)12-17(11-14)19(23)13-22-20(24)9-8-18(21-22)16-6-4-3-5-7-16/h3-12,19,23H,13H2,1-2H3.